The molecule has 1 amide bonds. The number of carbonyl (C=O) groups excluding carboxylic acids is 1. The van der Waals surface area contributed by atoms with Crippen molar-refractivity contribution >= 4 is 26.8 Å². The van der Waals surface area contributed by atoms with Crippen LogP contribution in [0.5, 0.6) is 0 Å². The van der Waals surface area contributed by atoms with Gasteiger partial charge in [-0.15, -0.1) is 0 Å². The monoisotopic (exact) mass is 433 g/mol. The van der Waals surface area contributed by atoms with Crippen LogP contribution in [0.2, 0.25) is 0 Å². The van der Waals surface area contributed by atoms with Crippen molar-refractivity contribution in [1.82, 2.24) is 14.2 Å². The van der Waals surface area contributed by atoms with Crippen LogP contribution in [0.15, 0.2) is 34.1 Å². The first kappa shape index (κ1) is 22.5. The summed E-state index contributed by atoms with van der Waals surface area (Å²) in [6.07, 6.45) is 5.74. The molecule has 3 rings (SSSR count). The van der Waals surface area contributed by atoms with Gasteiger partial charge in [0.05, 0.1) is 10.4 Å². The number of benzene rings is 1. The van der Waals surface area contributed by atoms with Crippen molar-refractivity contribution in [2.24, 2.45) is 13.0 Å². The van der Waals surface area contributed by atoms with E-state index in [9.17, 15) is 18.0 Å². The molecule has 2 atom stereocenters. The van der Waals surface area contributed by atoms with E-state index in [0.717, 1.165) is 25.7 Å². The van der Waals surface area contributed by atoms with E-state index < -0.39 is 21.4 Å². The maximum Gasteiger partial charge on any atom is 0.256 e. The quantitative estimate of drug-likeness (QED) is 0.759. The highest BCUT2D eigenvalue weighted by Gasteiger charge is 2.26. The Morgan fingerprint density at radius 1 is 1.20 bits per heavy atom. The first-order chi connectivity index (χ1) is 14.2. The molecule has 1 saturated carbocycles. The molecule has 7 nitrogen and oxygen atoms in total. The minimum absolute atomic E-state index is 0.0418. The van der Waals surface area contributed by atoms with Crippen molar-refractivity contribution < 1.29 is 13.2 Å². The third-order valence-electron chi connectivity index (χ3n) is 6.18. The van der Waals surface area contributed by atoms with Gasteiger partial charge in [-0.3, -0.25) is 9.59 Å². The van der Waals surface area contributed by atoms with Gasteiger partial charge in [0.2, 0.25) is 15.5 Å². The van der Waals surface area contributed by atoms with Crippen molar-refractivity contribution in [3.05, 3.63) is 40.2 Å². The molecule has 0 unspecified atom stereocenters. The van der Waals surface area contributed by atoms with Gasteiger partial charge in [-0.2, -0.15) is 4.31 Å². The average Bonchev–Trinajstić information content (AvgIpc) is 2.72. The topological polar surface area (TPSA) is 88.5 Å². The average molecular weight is 434 g/mol. The fourth-order valence-electron chi connectivity index (χ4n) is 4.28. The fourth-order valence-corrected chi connectivity index (χ4v) is 5.77. The van der Waals surface area contributed by atoms with Crippen LogP contribution in [0.25, 0.3) is 10.9 Å². The second-order valence-corrected chi connectivity index (χ2v) is 10.0. The molecule has 30 heavy (non-hydrogen) atoms. The van der Waals surface area contributed by atoms with Gasteiger partial charge in [0.25, 0.3) is 5.91 Å². The number of hydrogen-bond donors (Lipinski definition) is 1. The maximum atomic E-state index is 13.2. The number of fused-ring (bicyclic) bond motifs is 1. The summed E-state index contributed by atoms with van der Waals surface area (Å²) in [4.78, 5) is 26.1. The van der Waals surface area contributed by atoms with E-state index >= 15 is 0 Å². The highest BCUT2D eigenvalue weighted by Crippen LogP contribution is 2.24. The summed E-state index contributed by atoms with van der Waals surface area (Å²) < 4.78 is 28.8. The summed E-state index contributed by atoms with van der Waals surface area (Å²) in [6.45, 7) is 6.35. The van der Waals surface area contributed by atoms with E-state index in [1.165, 1.54) is 22.6 Å². The number of nitrogens with one attached hydrogen (secondary N) is 1. The van der Waals surface area contributed by atoms with E-state index in [2.05, 4.69) is 12.2 Å². The Labute approximate surface area is 178 Å². The second kappa shape index (κ2) is 8.89. The molecule has 1 N–H and O–H groups in total. The van der Waals surface area contributed by atoms with Gasteiger partial charge in [-0.05, 0) is 37.0 Å². The lowest BCUT2D eigenvalue weighted by molar-refractivity contribution is 0.0908. The minimum atomic E-state index is -3.70. The van der Waals surface area contributed by atoms with Gasteiger partial charge in [0.1, 0.15) is 5.56 Å². The van der Waals surface area contributed by atoms with E-state index in [4.69, 9.17) is 0 Å². The molecular formula is C22H31N3O4S. The Kier molecular flexibility index (Phi) is 6.67. The third kappa shape index (κ3) is 4.16. The molecule has 1 aromatic heterocycles. The zero-order valence-corrected chi connectivity index (χ0v) is 19.0. The lowest BCUT2D eigenvalue weighted by Crippen LogP contribution is -2.42. The zero-order valence-electron chi connectivity index (χ0n) is 18.1. The largest absolute Gasteiger partial charge is 0.350 e. The lowest BCUT2D eigenvalue weighted by Gasteiger charge is -2.29. The Morgan fingerprint density at radius 2 is 1.87 bits per heavy atom. The van der Waals surface area contributed by atoms with Crippen LogP contribution in [0.3, 0.4) is 0 Å². The SMILES string of the molecule is CCN(CC)S(=O)(=O)c1ccc2c(c1)c(=O)c(C(=O)N[C@@H]1CCCC[C@H]1C)cn2C. The molecule has 8 heteroatoms. The van der Waals surface area contributed by atoms with Gasteiger partial charge in [0, 0.05) is 37.8 Å². The molecule has 1 fully saturated rings. The molecule has 0 bridgehead atoms. The third-order valence-corrected chi connectivity index (χ3v) is 8.22. The van der Waals surface area contributed by atoms with E-state index in [-0.39, 0.29) is 21.9 Å². The zero-order chi connectivity index (χ0) is 22.1. The van der Waals surface area contributed by atoms with Crippen molar-refractivity contribution in [1.29, 1.82) is 0 Å². The number of pyridine rings is 1. The Bertz CT molecular complexity index is 1100. The molecule has 2 aromatic rings. The molecule has 164 valence electrons. The summed E-state index contributed by atoms with van der Waals surface area (Å²) in [5, 5.41) is 3.25. The summed E-state index contributed by atoms with van der Waals surface area (Å²) in [6, 6.07) is 4.59. The molecule has 0 spiro atoms. The normalized spacial score (nSPS) is 19.9. The molecule has 1 aromatic carbocycles. The number of carbonyl (C=O) groups is 1. The molecule has 1 aliphatic rings. The summed E-state index contributed by atoms with van der Waals surface area (Å²) in [7, 11) is -1.95. The van der Waals surface area contributed by atoms with Crippen LogP contribution in [0, 0.1) is 5.92 Å². The second-order valence-electron chi connectivity index (χ2n) is 8.09. The predicted octanol–water partition coefficient (Wildman–Crippen LogP) is 2.88. The Morgan fingerprint density at radius 3 is 2.50 bits per heavy atom. The van der Waals surface area contributed by atoms with Crippen molar-refractivity contribution in [3.8, 4) is 0 Å². The van der Waals surface area contributed by atoms with E-state index in [0.29, 0.717) is 24.5 Å². The molecule has 0 aliphatic heterocycles. The van der Waals surface area contributed by atoms with Crippen molar-refractivity contribution in [2.75, 3.05) is 13.1 Å². The fraction of sp³-hybridized carbons (Fsp3) is 0.545. The van der Waals surface area contributed by atoms with Crippen LogP contribution >= 0.6 is 0 Å². The highest BCUT2D eigenvalue weighted by molar-refractivity contribution is 7.89. The number of hydrogen-bond acceptors (Lipinski definition) is 4. The first-order valence-corrected chi connectivity index (χ1v) is 12.1. The maximum absolute atomic E-state index is 13.2. The van der Waals surface area contributed by atoms with Crippen LogP contribution in [-0.2, 0) is 17.1 Å². The molecular weight excluding hydrogens is 402 g/mol. The molecule has 1 heterocycles. The van der Waals surface area contributed by atoms with Crippen LogP contribution in [-0.4, -0.2) is 42.3 Å². The minimum Gasteiger partial charge on any atom is -0.350 e. The summed E-state index contributed by atoms with van der Waals surface area (Å²) >= 11 is 0. The van der Waals surface area contributed by atoms with Gasteiger partial charge in [0.15, 0.2) is 0 Å². The van der Waals surface area contributed by atoms with E-state index in [1.807, 2.05) is 0 Å². The van der Waals surface area contributed by atoms with Crippen LogP contribution in [0.4, 0.5) is 0 Å². The molecule has 0 saturated heterocycles. The smallest absolute Gasteiger partial charge is 0.256 e. The van der Waals surface area contributed by atoms with Crippen molar-refractivity contribution in [2.45, 2.75) is 57.4 Å². The lowest BCUT2D eigenvalue weighted by atomic mass is 9.86. The Hall–Kier alpha value is -2.19. The number of rotatable bonds is 6. The van der Waals surface area contributed by atoms with Gasteiger partial charge >= 0.3 is 0 Å². The molecule has 1 aliphatic carbocycles. The van der Waals surface area contributed by atoms with Gasteiger partial charge < -0.3 is 9.88 Å². The molecule has 0 radical (unpaired) electrons. The highest BCUT2D eigenvalue weighted by atomic mass is 32.2. The number of aromatic nitrogens is 1. The number of aryl methyl sites for hydroxylation is 1. The van der Waals surface area contributed by atoms with Crippen LogP contribution < -0.4 is 10.7 Å². The summed E-state index contributed by atoms with van der Waals surface area (Å²) in [5.41, 5.74) is 0.182. The van der Waals surface area contributed by atoms with Gasteiger partial charge in [-0.1, -0.05) is 33.6 Å². The number of amides is 1. The van der Waals surface area contributed by atoms with Gasteiger partial charge in [-0.25, -0.2) is 8.42 Å². The summed E-state index contributed by atoms with van der Waals surface area (Å²) in [5.74, 6) is -0.0222. The standard InChI is InChI=1S/C22H31N3O4S/c1-5-25(6-2)30(28,29)16-11-12-20-17(13-16)21(26)18(14-24(20)4)22(27)23-19-10-8-7-9-15(19)3/h11-15,19H,5-10H2,1-4H3,(H,23,27)/t15-,19-/m1/s1. The van der Waals surface area contributed by atoms with Crippen LogP contribution in [0.1, 0.15) is 56.8 Å². The number of sulfonamides is 1. The van der Waals surface area contributed by atoms with E-state index in [1.54, 1.807) is 31.5 Å². The number of nitrogens with zero attached hydrogens (tertiary/aromatic N) is 2. The predicted molar refractivity (Wildman–Crippen MR) is 118 cm³/mol. The first-order valence-electron chi connectivity index (χ1n) is 10.6. The Balaban J connectivity index is 2.04. The van der Waals surface area contributed by atoms with Crippen molar-refractivity contribution in [3.63, 3.8) is 0 Å².